The van der Waals surface area contributed by atoms with Gasteiger partial charge in [0.25, 0.3) is 0 Å². The Bertz CT molecular complexity index is 628. The molecule has 0 bridgehead atoms. The van der Waals surface area contributed by atoms with E-state index in [0.29, 0.717) is 0 Å². The number of aryl methyl sites for hydroxylation is 2. The Balaban J connectivity index is 2.29. The van der Waals surface area contributed by atoms with E-state index in [1.54, 1.807) is 7.11 Å². The number of benzene rings is 2. The fraction of sp³-hybridized carbons (Fsp3) is 0.294. The van der Waals surface area contributed by atoms with E-state index < -0.39 is 0 Å². The number of hydrogen-bond acceptors (Lipinski definition) is 3. The molecule has 0 radical (unpaired) electrons. The number of hydrogen-bond donors (Lipinski definition) is 2. The minimum absolute atomic E-state index is 0.0246. The van der Waals surface area contributed by atoms with Gasteiger partial charge in [-0.05, 0) is 60.7 Å². The van der Waals surface area contributed by atoms with Crippen molar-refractivity contribution in [3.63, 3.8) is 0 Å². The zero-order chi connectivity index (χ0) is 15.4. The van der Waals surface area contributed by atoms with E-state index in [2.05, 4.69) is 53.4 Å². The van der Waals surface area contributed by atoms with Gasteiger partial charge in [0.1, 0.15) is 5.75 Å². The average Bonchev–Trinajstić information content (AvgIpc) is 2.49. The van der Waals surface area contributed by atoms with Gasteiger partial charge < -0.3 is 4.74 Å². The predicted octanol–water partition coefficient (Wildman–Crippen LogP) is 3.82. The molecule has 21 heavy (non-hydrogen) atoms. The zero-order valence-corrected chi connectivity index (χ0v) is 14.2. The maximum Gasteiger partial charge on any atom is 0.119 e. The van der Waals surface area contributed by atoms with Crippen molar-refractivity contribution in [2.45, 2.75) is 26.3 Å². The van der Waals surface area contributed by atoms with E-state index in [1.807, 2.05) is 18.2 Å². The number of ether oxygens (including phenoxy) is 1. The normalized spacial score (nSPS) is 12.2. The summed E-state index contributed by atoms with van der Waals surface area (Å²) in [5, 5.41) is 0. The van der Waals surface area contributed by atoms with Crippen LogP contribution in [0.1, 0.15) is 28.3 Å². The third-order valence-electron chi connectivity index (χ3n) is 3.79. The van der Waals surface area contributed by atoms with E-state index in [1.165, 1.54) is 16.7 Å². The summed E-state index contributed by atoms with van der Waals surface area (Å²) in [5.74, 6) is 6.60. The smallest absolute Gasteiger partial charge is 0.119 e. The molecule has 3 nitrogen and oxygen atoms in total. The topological polar surface area (TPSA) is 47.3 Å². The monoisotopic (exact) mass is 348 g/mol. The second kappa shape index (κ2) is 7.07. The molecule has 0 aromatic heterocycles. The predicted molar refractivity (Wildman–Crippen MR) is 90.4 cm³/mol. The number of hydrazine groups is 1. The number of halogens is 1. The van der Waals surface area contributed by atoms with Crippen molar-refractivity contribution >= 4 is 15.9 Å². The van der Waals surface area contributed by atoms with Crippen molar-refractivity contribution in [1.29, 1.82) is 0 Å². The average molecular weight is 349 g/mol. The van der Waals surface area contributed by atoms with Crippen molar-refractivity contribution in [3.05, 3.63) is 63.1 Å². The Morgan fingerprint density at radius 1 is 1.14 bits per heavy atom. The van der Waals surface area contributed by atoms with Crippen LogP contribution in [0.25, 0.3) is 0 Å². The van der Waals surface area contributed by atoms with E-state index >= 15 is 0 Å². The first kappa shape index (κ1) is 16.0. The van der Waals surface area contributed by atoms with Gasteiger partial charge in [0.2, 0.25) is 0 Å². The molecule has 1 atom stereocenters. The first-order valence-electron chi connectivity index (χ1n) is 6.91. The molecule has 0 saturated carbocycles. The highest BCUT2D eigenvalue weighted by molar-refractivity contribution is 9.10. The van der Waals surface area contributed by atoms with Crippen LogP contribution in [0.4, 0.5) is 0 Å². The standard InChI is InChI=1S/C17H21BrN2O/c1-11-4-5-13(8-12(11)2)9-17(20-19)15-10-14(21-3)6-7-16(15)18/h4-8,10,17,20H,9,19H2,1-3H3. The molecule has 4 heteroatoms. The number of nitrogens with two attached hydrogens (primary N) is 1. The van der Waals surface area contributed by atoms with E-state index in [-0.39, 0.29) is 6.04 Å². The summed E-state index contributed by atoms with van der Waals surface area (Å²) in [4.78, 5) is 0. The Hall–Kier alpha value is -1.36. The highest BCUT2D eigenvalue weighted by Crippen LogP contribution is 2.29. The summed E-state index contributed by atoms with van der Waals surface area (Å²) in [6.45, 7) is 4.25. The fourth-order valence-corrected chi connectivity index (χ4v) is 2.86. The summed E-state index contributed by atoms with van der Waals surface area (Å²) < 4.78 is 6.32. The van der Waals surface area contributed by atoms with Crippen LogP contribution in [0.3, 0.4) is 0 Å². The van der Waals surface area contributed by atoms with Crippen molar-refractivity contribution in [2.24, 2.45) is 5.84 Å². The maximum atomic E-state index is 5.77. The lowest BCUT2D eigenvalue weighted by molar-refractivity contribution is 0.412. The van der Waals surface area contributed by atoms with Gasteiger partial charge in [-0.2, -0.15) is 0 Å². The number of rotatable bonds is 5. The van der Waals surface area contributed by atoms with Crippen LogP contribution in [0, 0.1) is 13.8 Å². The Kier molecular flexibility index (Phi) is 5.39. The summed E-state index contributed by atoms with van der Waals surface area (Å²) in [5.41, 5.74) is 7.86. The van der Waals surface area contributed by atoms with Crippen LogP contribution < -0.4 is 16.0 Å². The Morgan fingerprint density at radius 2 is 1.90 bits per heavy atom. The molecular formula is C17H21BrN2O. The first-order valence-corrected chi connectivity index (χ1v) is 7.70. The van der Waals surface area contributed by atoms with Crippen molar-refractivity contribution in [3.8, 4) is 5.75 Å². The molecule has 2 rings (SSSR count). The third kappa shape index (κ3) is 3.84. The van der Waals surface area contributed by atoms with Gasteiger partial charge in [-0.1, -0.05) is 34.1 Å². The maximum absolute atomic E-state index is 5.77. The molecule has 2 aromatic rings. The van der Waals surface area contributed by atoms with E-state index in [9.17, 15) is 0 Å². The van der Waals surface area contributed by atoms with Gasteiger partial charge in [-0.3, -0.25) is 11.3 Å². The highest BCUT2D eigenvalue weighted by atomic mass is 79.9. The second-order valence-corrected chi connectivity index (χ2v) is 6.08. The van der Waals surface area contributed by atoms with E-state index in [4.69, 9.17) is 10.6 Å². The lowest BCUT2D eigenvalue weighted by atomic mass is 9.97. The van der Waals surface area contributed by atoms with Gasteiger partial charge in [-0.25, -0.2) is 0 Å². The molecule has 0 spiro atoms. The highest BCUT2D eigenvalue weighted by Gasteiger charge is 2.15. The summed E-state index contributed by atoms with van der Waals surface area (Å²) in [7, 11) is 1.67. The SMILES string of the molecule is COc1ccc(Br)c(C(Cc2ccc(C)c(C)c2)NN)c1. The van der Waals surface area contributed by atoms with Gasteiger partial charge in [0, 0.05) is 4.47 Å². The molecule has 112 valence electrons. The zero-order valence-electron chi connectivity index (χ0n) is 12.6. The molecule has 0 amide bonds. The van der Waals surface area contributed by atoms with Crippen molar-refractivity contribution < 1.29 is 4.74 Å². The van der Waals surface area contributed by atoms with Crippen LogP contribution in [0.2, 0.25) is 0 Å². The van der Waals surface area contributed by atoms with Crippen LogP contribution in [-0.4, -0.2) is 7.11 Å². The van der Waals surface area contributed by atoms with Gasteiger partial charge in [0.05, 0.1) is 13.2 Å². The largest absolute Gasteiger partial charge is 0.497 e. The summed E-state index contributed by atoms with van der Waals surface area (Å²) in [6, 6.07) is 12.5. The van der Waals surface area contributed by atoms with Crippen LogP contribution in [0.5, 0.6) is 5.75 Å². The molecule has 2 aromatic carbocycles. The summed E-state index contributed by atoms with van der Waals surface area (Å²) >= 11 is 3.59. The molecule has 0 saturated heterocycles. The molecule has 1 unspecified atom stereocenters. The number of methoxy groups -OCH3 is 1. The van der Waals surface area contributed by atoms with Crippen molar-refractivity contribution in [1.82, 2.24) is 5.43 Å². The van der Waals surface area contributed by atoms with Crippen LogP contribution in [-0.2, 0) is 6.42 Å². The molecule has 3 N–H and O–H groups in total. The lowest BCUT2D eigenvalue weighted by Gasteiger charge is -2.19. The van der Waals surface area contributed by atoms with Crippen LogP contribution >= 0.6 is 15.9 Å². The van der Waals surface area contributed by atoms with Crippen molar-refractivity contribution in [2.75, 3.05) is 7.11 Å². The molecule has 0 aliphatic rings. The first-order chi connectivity index (χ1) is 10.0. The van der Waals surface area contributed by atoms with Crippen LogP contribution in [0.15, 0.2) is 40.9 Å². The third-order valence-corrected chi connectivity index (χ3v) is 4.51. The lowest BCUT2D eigenvalue weighted by Crippen LogP contribution is -2.30. The minimum atomic E-state index is 0.0246. The molecule has 0 aliphatic heterocycles. The quantitative estimate of drug-likeness (QED) is 0.637. The minimum Gasteiger partial charge on any atom is -0.497 e. The Morgan fingerprint density at radius 3 is 2.52 bits per heavy atom. The van der Waals surface area contributed by atoms with Gasteiger partial charge in [0.15, 0.2) is 0 Å². The summed E-state index contributed by atoms with van der Waals surface area (Å²) in [6.07, 6.45) is 0.823. The van der Waals surface area contributed by atoms with Gasteiger partial charge in [-0.15, -0.1) is 0 Å². The van der Waals surface area contributed by atoms with Gasteiger partial charge >= 0.3 is 0 Å². The Labute approximate surface area is 134 Å². The molecule has 0 aliphatic carbocycles. The fourth-order valence-electron chi connectivity index (χ4n) is 2.34. The molecular weight excluding hydrogens is 328 g/mol. The van der Waals surface area contributed by atoms with E-state index in [0.717, 1.165) is 22.2 Å². The molecule has 0 heterocycles. The second-order valence-electron chi connectivity index (χ2n) is 5.23. The molecule has 0 fully saturated rings. The number of nitrogens with one attached hydrogen (secondary N) is 1.